The molecule has 1 amide bonds. The quantitative estimate of drug-likeness (QED) is 0.543. The number of benzene rings is 2. The number of esters is 1. The van der Waals surface area contributed by atoms with Crippen molar-refractivity contribution in [2.24, 2.45) is 0 Å². The fourth-order valence-corrected chi connectivity index (χ4v) is 2.95. The van der Waals surface area contributed by atoms with Gasteiger partial charge in [0.1, 0.15) is 0 Å². The van der Waals surface area contributed by atoms with Gasteiger partial charge in [-0.05, 0) is 64.8 Å². The molecule has 0 saturated carbocycles. The Morgan fingerprint density at radius 3 is 2.54 bits per heavy atom. The van der Waals surface area contributed by atoms with Gasteiger partial charge in [0.05, 0.1) is 6.42 Å². The van der Waals surface area contributed by atoms with Gasteiger partial charge in [-0.1, -0.05) is 37.3 Å². The van der Waals surface area contributed by atoms with Crippen LogP contribution in [-0.4, -0.2) is 18.5 Å². The Morgan fingerprint density at radius 2 is 1.88 bits per heavy atom. The molecule has 1 atom stereocenters. The maximum absolute atomic E-state index is 11.9. The first kappa shape index (κ1) is 18.4. The van der Waals surface area contributed by atoms with Crippen molar-refractivity contribution >= 4 is 40.2 Å². The number of carbonyl (C=O) groups is 2. The van der Waals surface area contributed by atoms with Gasteiger partial charge in [-0.15, -0.1) is 0 Å². The zero-order valence-electron chi connectivity index (χ0n) is 13.7. The van der Waals surface area contributed by atoms with Crippen LogP contribution in [0.15, 0.2) is 48.5 Å². The smallest absolute Gasteiger partial charge is 0.306 e. The number of anilines is 1. The molecule has 24 heavy (non-hydrogen) atoms. The number of nitrogens with one attached hydrogen (secondary N) is 1. The molecule has 0 aromatic heterocycles. The number of aryl methyl sites for hydroxylation is 1. The molecule has 2 aromatic carbocycles. The average Bonchev–Trinajstić information content (AvgIpc) is 2.56. The summed E-state index contributed by atoms with van der Waals surface area (Å²) in [6.07, 6.45) is 0.250. The van der Waals surface area contributed by atoms with E-state index in [9.17, 15) is 9.59 Å². The van der Waals surface area contributed by atoms with Crippen LogP contribution in [0.4, 0.5) is 5.69 Å². The molecular formula is C19H20INO3. The topological polar surface area (TPSA) is 55.4 Å². The minimum atomic E-state index is -0.374. The molecule has 5 heteroatoms. The van der Waals surface area contributed by atoms with Crippen LogP contribution in [0.5, 0.6) is 0 Å². The highest BCUT2D eigenvalue weighted by molar-refractivity contribution is 14.1. The van der Waals surface area contributed by atoms with E-state index in [-0.39, 0.29) is 30.8 Å². The minimum absolute atomic E-state index is 0.0557. The summed E-state index contributed by atoms with van der Waals surface area (Å²) in [7, 11) is 0. The van der Waals surface area contributed by atoms with Gasteiger partial charge in [0, 0.05) is 9.26 Å². The number of amides is 1. The molecule has 0 spiro atoms. The number of rotatable bonds is 6. The number of hydrogen-bond acceptors (Lipinski definition) is 3. The Labute approximate surface area is 155 Å². The monoisotopic (exact) mass is 437 g/mol. The lowest BCUT2D eigenvalue weighted by Gasteiger charge is -2.12. The minimum Gasteiger partial charge on any atom is -0.456 e. The van der Waals surface area contributed by atoms with Crippen molar-refractivity contribution in [3.8, 4) is 0 Å². The average molecular weight is 437 g/mol. The molecular weight excluding hydrogens is 417 g/mol. The third-order valence-corrected chi connectivity index (χ3v) is 4.34. The Bertz CT molecular complexity index is 716. The Kier molecular flexibility index (Phi) is 6.78. The summed E-state index contributed by atoms with van der Waals surface area (Å²) >= 11 is 2.21. The van der Waals surface area contributed by atoms with Crippen LogP contribution in [0.2, 0.25) is 0 Å². The van der Waals surface area contributed by atoms with Gasteiger partial charge >= 0.3 is 5.97 Å². The first-order valence-corrected chi connectivity index (χ1v) is 8.80. The highest BCUT2D eigenvalue weighted by Crippen LogP contribution is 2.19. The van der Waals surface area contributed by atoms with Crippen molar-refractivity contribution in [2.75, 3.05) is 11.9 Å². The third-order valence-electron chi connectivity index (χ3n) is 3.67. The highest BCUT2D eigenvalue weighted by atomic mass is 127. The van der Waals surface area contributed by atoms with E-state index in [0.717, 1.165) is 20.4 Å². The third kappa shape index (κ3) is 5.63. The Hall–Kier alpha value is -1.89. The number of hydrogen-bond donors (Lipinski definition) is 1. The van der Waals surface area contributed by atoms with Crippen LogP contribution in [-0.2, 0) is 14.3 Å². The maximum Gasteiger partial charge on any atom is 0.306 e. The lowest BCUT2D eigenvalue weighted by molar-refractivity contribution is -0.147. The number of halogens is 1. The number of ether oxygens (including phenoxy) is 1. The molecule has 0 aliphatic carbocycles. The van der Waals surface area contributed by atoms with Gasteiger partial charge in [-0.3, -0.25) is 9.59 Å². The van der Waals surface area contributed by atoms with E-state index < -0.39 is 0 Å². The molecule has 0 aliphatic rings. The summed E-state index contributed by atoms with van der Waals surface area (Å²) in [6, 6.07) is 15.5. The van der Waals surface area contributed by atoms with Gasteiger partial charge in [0.15, 0.2) is 6.61 Å². The van der Waals surface area contributed by atoms with Gasteiger partial charge in [-0.2, -0.15) is 0 Å². The zero-order chi connectivity index (χ0) is 17.5. The molecule has 0 bridgehead atoms. The van der Waals surface area contributed by atoms with Crippen molar-refractivity contribution in [2.45, 2.75) is 26.2 Å². The van der Waals surface area contributed by atoms with Crippen LogP contribution >= 0.6 is 22.6 Å². The van der Waals surface area contributed by atoms with E-state index in [4.69, 9.17) is 4.74 Å². The van der Waals surface area contributed by atoms with Gasteiger partial charge in [0.2, 0.25) is 0 Å². The van der Waals surface area contributed by atoms with Gasteiger partial charge in [0.25, 0.3) is 5.91 Å². The van der Waals surface area contributed by atoms with E-state index >= 15 is 0 Å². The Morgan fingerprint density at radius 1 is 1.17 bits per heavy atom. The van der Waals surface area contributed by atoms with Crippen LogP contribution in [0.1, 0.15) is 30.4 Å². The molecule has 0 radical (unpaired) electrons. The van der Waals surface area contributed by atoms with Crippen LogP contribution in [0, 0.1) is 10.5 Å². The molecule has 1 N–H and O–H groups in total. The van der Waals surface area contributed by atoms with E-state index in [1.165, 1.54) is 0 Å². The summed E-state index contributed by atoms with van der Waals surface area (Å²) < 4.78 is 6.18. The predicted octanol–water partition coefficient (Wildman–Crippen LogP) is 4.28. The molecule has 0 saturated heterocycles. The zero-order valence-corrected chi connectivity index (χ0v) is 15.9. The van der Waals surface area contributed by atoms with Crippen molar-refractivity contribution in [3.05, 3.63) is 63.2 Å². The van der Waals surface area contributed by atoms with Gasteiger partial charge in [-0.25, -0.2) is 0 Å². The summed E-state index contributed by atoms with van der Waals surface area (Å²) in [5.41, 5.74) is 2.78. The summed E-state index contributed by atoms with van der Waals surface area (Å²) in [5, 5.41) is 2.76. The fourth-order valence-electron chi connectivity index (χ4n) is 2.31. The van der Waals surface area contributed by atoms with Crippen LogP contribution < -0.4 is 5.32 Å². The first-order valence-electron chi connectivity index (χ1n) is 7.72. The molecule has 0 aliphatic heterocycles. The highest BCUT2D eigenvalue weighted by Gasteiger charge is 2.14. The lowest BCUT2D eigenvalue weighted by Crippen LogP contribution is -2.21. The predicted molar refractivity (Wildman–Crippen MR) is 103 cm³/mol. The van der Waals surface area contributed by atoms with E-state index in [1.54, 1.807) is 0 Å². The largest absolute Gasteiger partial charge is 0.456 e. The van der Waals surface area contributed by atoms with E-state index in [2.05, 4.69) is 27.9 Å². The lowest BCUT2D eigenvalue weighted by atomic mass is 9.98. The van der Waals surface area contributed by atoms with E-state index in [0.29, 0.717) is 0 Å². The second-order valence-electron chi connectivity index (χ2n) is 5.68. The fraction of sp³-hybridized carbons (Fsp3) is 0.263. The van der Waals surface area contributed by atoms with Gasteiger partial charge < -0.3 is 10.1 Å². The summed E-state index contributed by atoms with van der Waals surface area (Å²) in [5.74, 6) is -0.652. The van der Waals surface area contributed by atoms with Crippen LogP contribution in [0.25, 0.3) is 0 Å². The molecule has 4 nitrogen and oxygen atoms in total. The van der Waals surface area contributed by atoms with E-state index in [1.807, 2.05) is 62.4 Å². The van der Waals surface area contributed by atoms with Crippen molar-refractivity contribution in [3.63, 3.8) is 0 Å². The second kappa shape index (κ2) is 8.82. The summed E-state index contributed by atoms with van der Waals surface area (Å²) in [4.78, 5) is 23.8. The second-order valence-corrected chi connectivity index (χ2v) is 6.93. The Balaban J connectivity index is 1.80. The summed E-state index contributed by atoms with van der Waals surface area (Å²) in [6.45, 7) is 3.61. The SMILES string of the molecule is Cc1cc(I)ccc1NC(=O)COC(=O)CC(C)c1ccccc1. The molecule has 1 unspecified atom stereocenters. The molecule has 0 heterocycles. The molecule has 2 rings (SSSR count). The standard InChI is InChI=1S/C19H20INO3/c1-13(15-6-4-3-5-7-15)11-19(23)24-12-18(22)21-17-9-8-16(20)10-14(17)2/h3-10,13H,11-12H2,1-2H3,(H,21,22). The maximum atomic E-state index is 11.9. The first-order chi connectivity index (χ1) is 11.5. The number of carbonyl (C=O) groups excluding carboxylic acids is 2. The van der Waals surface area contributed by atoms with Crippen LogP contribution in [0.3, 0.4) is 0 Å². The van der Waals surface area contributed by atoms with Crippen molar-refractivity contribution < 1.29 is 14.3 Å². The van der Waals surface area contributed by atoms with Crippen molar-refractivity contribution in [1.29, 1.82) is 0 Å². The van der Waals surface area contributed by atoms with Crippen molar-refractivity contribution in [1.82, 2.24) is 0 Å². The molecule has 0 fully saturated rings. The molecule has 126 valence electrons. The normalized spacial score (nSPS) is 11.6. The molecule has 2 aromatic rings.